The maximum absolute atomic E-state index is 12.1. The average molecular weight is 284 g/mol. The summed E-state index contributed by atoms with van der Waals surface area (Å²) in [6, 6.07) is 0.193. The standard InChI is InChI=1S/C16H32N2O2/c1-5-12(3)18-15(19)13(4)20-16(11-17)9-7-14(6-2)8-10-16/h12-14H,5-11,17H2,1-4H3,(H,18,19). The third kappa shape index (κ3) is 4.74. The van der Waals surface area contributed by atoms with E-state index in [0.29, 0.717) is 6.54 Å². The highest BCUT2D eigenvalue weighted by atomic mass is 16.5. The van der Waals surface area contributed by atoms with Crippen LogP contribution < -0.4 is 11.1 Å². The van der Waals surface area contributed by atoms with Crippen LogP contribution in [-0.2, 0) is 9.53 Å². The predicted octanol–water partition coefficient (Wildman–Crippen LogP) is 2.60. The van der Waals surface area contributed by atoms with E-state index in [1.807, 2.05) is 13.8 Å². The number of rotatable bonds is 7. The van der Waals surface area contributed by atoms with Crippen LogP contribution in [0.1, 0.15) is 66.2 Å². The van der Waals surface area contributed by atoms with Crippen molar-refractivity contribution in [2.24, 2.45) is 11.7 Å². The lowest BCUT2D eigenvalue weighted by molar-refractivity contribution is -0.151. The monoisotopic (exact) mass is 284 g/mol. The van der Waals surface area contributed by atoms with Crippen LogP contribution in [0.2, 0.25) is 0 Å². The van der Waals surface area contributed by atoms with Crippen molar-refractivity contribution in [3.8, 4) is 0 Å². The molecular weight excluding hydrogens is 252 g/mol. The molecule has 0 saturated heterocycles. The molecule has 1 amide bonds. The molecule has 0 spiro atoms. The van der Waals surface area contributed by atoms with Gasteiger partial charge < -0.3 is 15.8 Å². The largest absolute Gasteiger partial charge is 0.361 e. The molecule has 0 bridgehead atoms. The van der Waals surface area contributed by atoms with Crippen molar-refractivity contribution in [1.29, 1.82) is 0 Å². The van der Waals surface area contributed by atoms with E-state index in [2.05, 4.69) is 19.2 Å². The van der Waals surface area contributed by atoms with Crippen molar-refractivity contribution >= 4 is 5.91 Å². The Hall–Kier alpha value is -0.610. The van der Waals surface area contributed by atoms with Gasteiger partial charge in [-0.15, -0.1) is 0 Å². The first-order valence-electron chi connectivity index (χ1n) is 8.14. The number of nitrogens with two attached hydrogens (primary N) is 1. The lowest BCUT2D eigenvalue weighted by Gasteiger charge is -2.40. The molecule has 4 heteroatoms. The Morgan fingerprint density at radius 1 is 1.35 bits per heavy atom. The number of hydrogen-bond donors (Lipinski definition) is 2. The Morgan fingerprint density at radius 3 is 2.40 bits per heavy atom. The highest BCUT2D eigenvalue weighted by Gasteiger charge is 2.37. The van der Waals surface area contributed by atoms with Crippen molar-refractivity contribution in [1.82, 2.24) is 5.32 Å². The minimum atomic E-state index is -0.425. The van der Waals surface area contributed by atoms with Gasteiger partial charge >= 0.3 is 0 Å². The molecule has 20 heavy (non-hydrogen) atoms. The van der Waals surface area contributed by atoms with Gasteiger partial charge in [0.25, 0.3) is 0 Å². The minimum Gasteiger partial charge on any atom is -0.361 e. The fraction of sp³-hybridized carbons (Fsp3) is 0.938. The van der Waals surface area contributed by atoms with Gasteiger partial charge in [-0.05, 0) is 51.9 Å². The second kappa shape index (κ2) is 7.99. The highest BCUT2D eigenvalue weighted by Crippen LogP contribution is 2.36. The summed E-state index contributed by atoms with van der Waals surface area (Å²) in [6.45, 7) is 8.65. The van der Waals surface area contributed by atoms with Crippen molar-refractivity contribution in [3.05, 3.63) is 0 Å². The van der Waals surface area contributed by atoms with E-state index in [1.54, 1.807) is 0 Å². The Labute approximate surface area is 123 Å². The molecule has 2 atom stereocenters. The average Bonchev–Trinajstić information content (AvgIpc) is 2.47. The first-order valence-corrected chi connectivity index (χ1v) is 8.14. The third-order valence-electron chi connectivity index (χ3n) is 4.76. The van der Waals surface area contributed by atoms with E-state index < -0.39 is 6.10 Å². The first-order chi connectivity index (χ1) is 9.46. The molecule has 118 valence electrons. The Morgan fingerprint density at radius 2 is 1.95 bits per heavy atom. The molecule has 4 nitrogen and oxygen atoms in total. The molecule has 1 saturated carbocycles. The number of carbonyl (C=O) groups is 1. The number of ether oxygens (including phenoxy) is 1. The fourth-order valence-electron chi connectivity index (χ4n) is 2.87. The molecular formula is C16H32N2O2. The lowest BCUT2D eigenvalue weighted by Crippen LogP contribution is -2.50. The summed E-state index contributed by atoms with van der Waals surface area (Å²) in [4.78, 5) is 12.1. The van der Waals surface area contributed by atoms with Gasteiger partial charge in [-0.3, -0.25) is 4.79 Å². The van der Waals surface area contributed by atoms with Gasteiger partial charge in [0.1, 0.15) is 6.10 Å². The third-order valence-corrected chi connectivity index (χ3v) is 4.76. The zero-order chi connectivity index (χ0) is 15.2. The molecule has 0 heterocycles. The van der Waals surface area contributed by atoms with Crippen molar-refractivity contribution in [2.45, 2.75) is 84.0 Å². The Balaban J connectivity index is 2.53. The van der Waals surface area contributed by atoms with Gasteiger partial charge in [-0.2, -0.15) is 0 Å². The topological polar surface area (TPSA) is 64.3 Å². The van der Waals surface area contributed by atoms with Crippen LogP contribution in [0.4, 0.5) is 0 Å². The zero-order valence-corrected chi connectivity index (χ0v) is 13.6. The maximum atomic E-state index is 12.1. The quantitative estimate of drug-likeness (QED) is 0.755. The van der Waals surface area contributed by atoms with E-state index in [-0.39, 0.29) is 17.6 Å². The van der Waals surface area contributed by atoms with E-state index in [9.17, 15) is 4.79 Å². The van der Waals surface area contributed by atoms with E-state index in [1.165, 1.54) is 6.42 Å². The number of nitrogens with one attached hydrogen (secondary N) is 1. The van der Waals surface area contributed by atoms with Crippen molar-refractivity contribution in [2.75, 3.05) is 6.54 Å². The normalized spacial score (nSPS) is 29.8. The number of amides is 1. The summed E-state index contributed by atoms with van der Waals surface area (Å²) >= 11 is 0. The summed E-state index contributed by atoms with van der Waals surface area (Å²) < 4.78 is 6.09. The first kappa shape index (κ1) is 17.4. The molecule has 0 aliphatic heterocycles. The molecule has 0 radical (unpaired) electrons. The van der Waals surface area contributed by atoms with E-state index in [0.717, 1.165) is 38.0 Å². The van der Waals surface area contributed by atoms with E-state index >= 15 is 0 Å². The van der Waals surface area contributed by atoms with Crippen molar-refractivity contribution in [3.63, 3.8) is 0 Å². The van der Waals surface area contributed by atoms with Gasteiger partial charge in [-0.1, -0.05) is 20.3 Å². The van der Waals surface area contributed by atoms with Crippen LogP contribution >= 0.6 is 0 Å². The van der Waals surface area contributed by atoms with Crippen LogP contribution in [0, 0.1) is 5.92 Å². The van der Waals surface area contributed by atoms with Gasteiger partial charge in [-0.25, -0.2) is 0 Å². The molecule has 2 unspecified atom stereocenters. The van der Waals surface area contributed by atoms with Gasteiger partial charge in [0.15, 0.2) is 0 Å². The Bertz CT molecular complexity index is 299. The number of hydrogen-bond acceptors (Lipinski definition) is 3. The minimum absolute atomic E-state index is 0.0233. The van der Waals surface area contributed by atoms with Crippen LogP contribution in [0.15, 0.2) is 0 Å². The Kier molecular flexibility index (Phi) is 6.96. The van der Waals surface area contributed by atoms with Crippen molar-refractivity contribution < 1.29 is 9.53 Å². The molecule has 0 aromatic carbocycles. The second-order valence-corrected chi connectivity index (χ2v) is 6.32. The van der Waals surface area contributed by atoms with Gasteiger partial charge in [0, 0.05) is 12.6 Å². The second-order valence-electron chi connectivity index (χ2n) is 6.32. The zero-order valence-electron chi connectivity index (χ0n) is 13.6. The molecule has 0 aromatic rings. The maximum Gasteiger partial charge on any atom is 0.249 e. The van der Waals surface area contributed by atoms with Gasteiger partial charge in [0.05, 0.1) is 5.60 Å². The molecule has 1 aliphatic carbocycles. The predicted molar refractivity (Wildman–Crippen MR) is 82.5 cm³/mol. The van der Waals surface area contributed by atoms with Gasteiger partial charge in [0.2, 0.25) is 5.91 Å². The summed E-state index contributed by atoms with van der Waals surface area (Å²) in [7, 11) is 0. The molecule has 1 aliphatic rings. The summed E-state index contributed by atoms with van der Waals surface area (Å²) in [5, 5.41) is 2.98. The molecule has 0 aromatic heterocycles. The lowest BCUT2D eigenvalue weighted by atomic mass is 9.77. The summed E-state index contributed by atoms with van der Waals surface area (Å²) in [6.07, 6.45) is 6.00. The molecule has 1 fully saturated rings. The van der Waals surface area contributed by atoms with Crippen LogP contribution in [0.25, 0.3) is 0 Å². The number of carbonyl (C=O) groups excluding carboxylic acids is 1. The summed E-state index contributed by atoms with van der Waals surface area (Å²) in [5.74, 6) is 0.771. The SMILES string of the molecule is CCC1CCC(CN)(OC(C)C(=O)NC(C)CC)CC1. The smallest absolute Gasteiger partial charge is 0.249 e. The highest BCUT2D eigenvalue weighted by molar-refractivity contribution is 5.80. The van der Waals surface area contributed by atoms with Crippen LogP contribution in [0.3, 0.4) is 0 Å². The molecule has 3 N–H and O–H groups in total. The van der Waals surface area contributed by atoms with E-state index in [4.69, 9.17) is 10.5 Å². The van der Waals surface area contributed by atoms with Crippen LogP contribution in [0.5, 0.6) is 0 Å². The molecule has 1 rings (SSSR count). The fourth-order valence-corrected chi connectivity index (χ4v) is 2.87. The van der Waals surface area contributed by atoms with Crippen LogP contribution in [-0.4, -0.2) is 30.2 Å². The summed E-state index contributed by atoms with van der Waals surface area (Å²) in [5.41, 5.74) is 5.65.